The number of hydrogen-bond donors (Lipinski definition) is 1. The molecule has 5 heteroatoms. The van der Waals surface area contributed by atoms with Gasteiger partial charge in [-0.2, -0.15) is 5.26 Å². The molecule has 3 aromatic carbocycles. The van der Waals surface area contributed by atoms with Gasteiger partial charge in [0.05, 0.1) is 28.4 Å². The van der Waals surface area contributed by atoms with E-state index in [1.165, 1.54) is 5.56 Å². The van der Waals surface area contributed by atoms with Gasteiger partial charge in [-0.1, -0.05) is 25.1 Å². The van der Waals surface area contributed by atoms with Crippen LogP contribution in [0.5, 0.6) is 0 Å². The van der Waals surface area contributed by atoms with Crippen LogP contribution in [0.3, 0.4) is 0 Å². The molecule has 1 N–H and O–H groups in total. The summed E-state index contributed by atoms with van der Waals surface area (Å²) < 4.78 is 0. The minimum absolute atomic E-state index is 0.315. The number of benzene rings is 3. The summed E-state index contributed by atoms with van der Waals surface area (Å²) >= 11 is 0. The molecular weight excluding hydrogens is 370 g/mol. The Bertz CT molecular complexity index is 1320. The van der Waals surface area contributed by atoms with E-state index in [1.807, 2.05) is 36.5 Å². The Morgan fingerprint density at radius 2 is 1.83 bits per heavy atom. The second kappa shape index (κ2) is 7.41. The second-order valence-corrected chi connectivity index (χ2v) is 7.45. The highest BCUT2D eigenvalue weighted by Gasteiger charge is 2.17. The fourth-order valence-electron chi connectivity index (χ4n) is 3.77. The molecule has 0 saturated heterocycles. The van der Waals surface area contributed by atoms with Gasteiger partial charge in [0, 0.05) is 42.3 Å². The molecule has 0 spiro atoms. The van der Waals surface area contributed by atoms with Crippen molar-refractivity contribution in [2.24, 2.45) is 4.99 Å². The van der Waals surface area contributed by atoms with Gasteiger partial charge in [0.1, 0.15) is 0 Å². The van der Waals surface area contributed by atoms with Gasteiger partial charge in [0.25, 0.3) is 0 Å². The van der Waals surface area contributed by atoms with Crippen LogP contribution in [0, 0.1) is 11.3 Å². The van der Waals surface area contributed by atoms with E-state index in [0.717, 1.165) is 39.1 Å². The first-order valence-corrected chi connectivity index (χ1v) is 9.87. The number of nitrogens with one attached hydrogen (secondary N) is 1. The van der Waals surface area contributed by atoms with E-state index in [9.17, 15) is 0 Å². The fourth-order valence-corrected chi connectivity index (χ4v) is 3.77. The lowest BCUT2D eigenvalue weighted by atomic mass is 9.96. The van der Waals surface area contributed by atoms with E-state index >= 15 is 0 Å². The van der Waals surface area contributed by atoms with Crippen LogP contribution >= 0.6 is 0 Å². The molecule has 30 heavy (non-hydrogen) atoms. The van der Waals surface area contributed by atoms with Gasteiger partial charge in [-0.25, -0.2) is 0 Å². The van der Waals surface area contributed by atoms with Gasteiger partial charge in [0.15, 0.2) is 0 Å². The summed E-state index contributed by atoms with van der Waals surface area (Å²) in [7, 11) is 0. The van der Waals surface area contributed by atoms with Gasteiger partial charge in [-0.15, -0.1) is 0 Å². The van der Waals surface area contributed by atoms with Crippen LogP contribution in [-0.4, -0.2) is 16.2 Å². The topological polar surface area (TPSA) is 74.0 Å². The average Bonchev–Trinajstić information content (AvgIpc) is 3.17. The lowest BCUT2D eigenvalue weighted by Crippen LogP contribution is -2.00. The zero-order valence-corrected chi connectivity index (χ0v) is 16.5. The second-order valence-electron chi connectivity index (χ2n) is 7.45. The highest BCUT2D eigenvalue weighted by molar-refractivity contribution is 5.95. The largest absolute Gasteiger partial charge is 0.381 e. The predicted octanol–water partition coefficient (Wildman–Crippen LogP) is 5.60. The Labute approximate surface area is 174 Å². The van der Waals surface area contributed by atoms with Crippen molar-refractivity contribution in [2.45, 2.75) is 19.4 Å². The van der Waals surface area contributed by atoms with Crippen molar-refractivity contribution < 1.29 is 0 Å². The third-order valence-electron chi connectivity index (χ3n) is 5.42. The van der Waals surface area contributed by atoms with Crippen LogP contribution in [-0.2, 0) is 6.54 Å². The number of aliphatic imine (C=N–C) groups is 1. The Morgan fingerprint density at radius 3 is 2.67 bits per heavy atom. The van der Waals surface area contributed by atoms with Crippen LogP contribution in [0.15, 0.2) is 72.0 Å². The minimum Gasteiger partial charge on any atom is -0.381 e. The summed E-state index contributed by atoms with van der Waals surface area (Å²) in [6.07, 6.45) is 5.44. The van der Waals surface area contributed by atoms with Crippen LogP contribution < -0.4 is 5.32 Å². The summed E-state index contributed by atoms with van der Waals surface area (Å²) in [4.78, 5) is 13.6. The van der Waals surface area contributed by atoms with Crippen molar-refractivity contribution in [2.75, 3.05) is 5.32 Å². The van der Waals surface area contributed by atoms with Crippen LogP contribution in [0.25, 0.3) is 22.2 Å². The SMILES string of the molecule is CC1C=Nc2ccc(-c3cc(NCc4ccc(C#N)cc4)cc4nccnc34)cc21. The van der Waals surface area contributed by atoms with Crippen molar-refractivity contribution in [3.05, 3.63) is 83.7 Å². The number of anilines is 1. The fraction of sp³-hybridized carbons (Fsp3) is 0.120. The molecule has 144 valence electrons. The smallest absolute Gasteiger partial charge is 0.0991 e. The molecule has 0 radical (unpaired) electrons. The number of nitrogens with zero attached hydrogens (tertiary/aromatic N) is 4. The zero-order chi connectivity index (χ0) is 20.5. The molecule has 4 aromatic rings. The molecule has 0 amide bonds. The molecule has 0 fully saturated rings. The number of hydrogen-bond acceptors (Lipinski definition) is 5. The summed E-state index contributed by atoms with van der Waals surface area (Å²) in [5.74, 6) is 0.315. The van der Waals surface area contributed by atoms with Crippen LogP contribution in [0.1, 0.15) is 29.5 Å². The Balaban J connectivity index is 1.52. The van der Waals surface area contributed by atoms with Gasteiger partial charge in [-0.05, 0) is 53.1 Å². The average molecular weight is 389 g/mol. The highest BCUT2D eigenvalue weighted by Crippen LogP contribution is 2.37. The number of fused-ring (bicyclic) bond motifs is 2. The molecule has 2 heterocycles. The molecule has 5 nitrogen and oxygen atoms in total. The maximum atomic E-state index is 8.96. The molecule has 1 aliphatic rings. The highest BCUT2D eigenvalue weighted by atomic mass is 14.9. The van der Waals surface area contributed by atoms with Crippen LogP contribution in [0.4, 0.5) is 11.4 Å². The van der Waals surface area contributed by atoms with Crippen molar-refractivity contribution in [1.82, 2.24) is 9.97 Å². The van der Waals surface area contributed by atoms with Crippen molar-refractivity contribution in [1.29, 1.82) is 5.26 Å². The molecule has 1 atom stereocenters. The van der Waals surface area contributed by atoms with E-state index in [2.05, 4.69) is 57.5 Å². The van der Waals surface area contributed by atoms with Crippen molar-refractivity contribution >= 4 is 28.6 Å². The Hall–Kier alpha value is -4.04. The molecule has 1 aromatic heterocycles. The molecule has 0 bridgehead atoms. The maximum Gasteiger partial charge on any atom is 0.0991 e. The van der Waals surface area contributed by atoms with E-state index in [0.29, 0.717) is 18.0 Å². The molecular formula is C25H19N5. The third kappa shape index (κ3) is 3.29. The molecule has 0 saturated carbocycles. The zero-order valence-electron chi connectivity index (χ0n) is 16.5. The van der Waals surface area contributed by atoms with E-state index in [1.54, 1.807) is 12.4 Å². The standard InChI is InChI=1S/C25H19N5/c1-16-14-30-23-7-6-19(10-21(16)23)22-11-20(12-24-25(22)28-9-8-27-24)29-15-18-4-2-17(13-26)3-5-18/h2-12,14,16,29H,15H2,1H3. The van der Waals surface area contributed by atoms with E-state index in [-0.39, 0.29) is 0 Å². The number of nitriles is 1. The van der Waals surface area contributed by atoms with Gasteiger partial charge in [-0.3, -0.25) is 15.0 Å². The predicted molar refractivity (Wildman–Crippen MR) is 120 cm³/mol. The summed E-state index contributed by atoms with van der Waals surface area (Å²) in [5.41, 5.74) is 8.91. The van der Waals surface area contributed by atoms with Gasteiger partial charge < -0.3 is 5.32 Å². The number of rotatable bonds is 4. The van der Waals surface area contributed by atoms with Crippen LogP contribution in [0.2, 0.25) is 0 Å². The monoisotopic (exact) mass is 389 g/mol. The van der Waals surface area contributed by atoms with E-state index in [4.69, 9.17) is 5.26 Å². The molecule has 1 aliphatic heterocycles. The first-order chi connectivity index (χ1) is 14.7. The molecule has 5 rings (SSSR count). The first kappa shape index (κ1) is 18.0. The lowest BCUT2D eigenvalue weighted by Gasteiger charge is -2.13. The quantitative estimate of drug-likeness (QED) is 0.493. The lowest BCUT2D eigenvalue weighted by molar-refractivity contribution is 1.08. The Morgan fingerprint density at radius 1 is 1.00 bits per heavy atom. The minimum atomic E-state index is 0.315. The summed E-state index contributed by atoms with van der Waals surface area (Å²) in [5, 5.41) is 12.5. The molecule has 1 unspecified atom stereocenters. The van der Waals surface area contributed by atoms with Gasteiger partial charge >= 0.3 is 0 Å². The maximum absolute atomic E-state index is 8.96. The molecule has 0 aliphatic carbocycles. The summed E-state index contributed by atoms with van der Waals surface area (Å²) in [6, 6.07) is 20.3. The summed E-state index contributed by atoms with van der Waals surface area (Å²) in [6.45, 7) is 2.82. The first-order valence-electron chi connectivity index (χ1n) is 9.87. The normalized spacial score (nSPS) is 14.5. The van der Waals surface area contributed by atoms with Crippen molar-refractivity contribution in [3.63, 3.8) is 0 Å². The number of aromatic nitrogens is 2. The Kier molecular flexibility index (Phi) is 4.45. The van der Waals surface area contributed by atoms with Crippen molar-refractivity contribution in [3.8, 4) is 17.2 Å². The van der Waals surface area contributed by atoms with E-state index < -0.39 is 0 Å². The van der Waals surface area contributed by atoms with Gasteiger partial charge in [0.2, 0.25) is 0 Å². The third-order valence-corrected chi connectivity index (χ3v) is 5.42.